The van der Waals surface area contributed by atoms with Crippen LogP contribution in [0.3, 0.4) is 0 Å². The molecule has 0 fully saturated rings. The summed E-state index contributed by atoms with van der Waals surface area (Å²) >= 11 is 0. The molecule has 5 heteroatoms. The van der Waals surface area contributed by atoms with E-state index in [0.29, 0.717) is 33.0 Å². The highest BCUT2D eigenvalue weighted by Gasteiger charge is 2.03. The van der Waals surface area contributed by atoms with Gasteiger partial charge in [-0.1, -0.05) is 29.7 Å². The molecule has 0 aromatic carbocycles. The fourth-order valence-corrected chi connectivity index (χ4v) is 1.00. The van der Waals surface area contributed by atoms with E-state index in [4.69, 9.17) is 25.7 Å². The van der Waals surface area contributed by atoms with Crippen LogP contribution in [0.5, 0.6) is 0 Å². The minimum atomic E-state index is 0. The highest BCUT2D eigenvalue weighted by atomic mass is 16.5. The molecule has 3 atom stereocenters. The molecule has 0 rings (SSSR count). The molecule has 20 heavy (non-hydrogen) atoms. The Kier molecular flexibility index (Phi) is 33.7. The second-order valence-corrected chi connectivity index (χ2v) is 4.25. The quantitative estimate of drug-likeness (QED) is 0.606. The van der Waals surface area contributed by atoms with E-state index in [2.05, 4.69) is 0 Å². The van der Waals surface area contributed by atoms with Gasteiger partial charge in [-0.2, -0.15) is 0 Å². The fraction of sp³-hybridized carbons (Fsp3) is 1.00. The average molecular weight is 299 g/mol. The van der Waals surface area contributed by atoms with Crippen molar-refractivity contribution in [2.45, 2.75) is 68.7 Å². The second-order valence-electron chi connectivity index (χ2n) is 4.25. The predicted octanol–water partition coefficient (Wildman–Crippen LogP) is 2.66. The second kappa shape index (κ2) is 21.1. The first-order valence-electron chi connectivity index (χ1n) is 5.80. The average Bonchev–Trinajstić information content (AvgIpc) is 2.19. The van der Waals surface area contributed by atoms with Crippen LogP contribution in [0.25, 0.3) is 0 Å². The lowest BCUT2D eigenvalue weighted by atomic mass is 10.4. The van der Waals surface area contributed by atoms with Crippen molar-refractivity contribution in [3.05, 3.63) is 0 Å². The molecule has 4 N–H and O–H groups in total. The normalized spacial score (nSPS) is 13.7. The van der Waals surface area contributed by atoms with Crippen LogP contribution in [-0.4, -0.2) is 51.2 Å². The van der Waals surface area contributed by atoms with E-state index in [1.165, 1.54) is 0 Å². The van der Waals surface area contributed by atoms with Gasteiger partial charge in [0.05, 0.1) is 39.1 Å². The third-order valence-electron chi connectivity index (χ3n) is 1.75. The van der Waals surface area contributed by atoms with E-state index in [1.807, 2.05) is 20.8 Å². The monoisotopic (exact) mass is 298 g/mol. The minimum absolute atomic E-state index is 0. The highest BCUT2D eigenvalue weighted by molar-refractivity contribution is 4.53. The number of hydrogen-bond acceptors (Lipinski definition) is 5. The summed E-state index contributed by atoms with van der Waals surface area (Å²) in [5, 5.41) is 0. The van der Waals surface area contributed by atoms with Crippen LogP contribution >= 0.6 is 0 Å². The SMILES string of the molecule is C.C.C.C.CC(N)COCCOCC(C)OCC(C)N. The molecule has 3 unspecified atom stereocenters. The van der Waals surface area contributed by atoms with Crippen LogP contribution in [0.4, 0.5) is 0 Å². The summed E-state index contributed by atoms with van der Waals surface area (Å²) in [5.74, 6) is 0. The summed E-state index contributed by atoms with van der Waals surface area (Å²) in [6.07, 6.45) is 0.0689. The zero-order valence-corrected chi connectivity index (χ0v) is 10.6. The van der Waals surface area contributed by atoms with E-state index >= 15 is 0 Å². The van der Waals surface area contributed by atoms with Crippen LogP contribution in [0, 0.1) is 0 Å². The number of ether oxygens (including phenoxy) is 3. The summed E-state index contributed by atoms with van der Waals surface area (Å²) in [6, 6.07) is 0.144. The molecule has 0 aliphatic rings. The first-order valence-corrected chi connectivity index (χ1v) is 5.80. The summed E-state index contributed by atoms with van der Waals surface area (Å²) < 4.78 is 16.1. The van der Waals surface area contributed by atoms with Crippen molar-refractivity contribution in [2.24, 2.45) is 11.5 Å². The number of hydrogen-bond donors (Lipinski definition) is 2. The summed E-state index contributed by atoms with van der Waals surface area (Å²) in [4.78, 5) is 0. The summed E-state index contributed by atoms with van der Waals surface area (Å²) in [5.41, 5.74) is 11.1. The molecule has 0 aliphatic heterocycles. The van der Waals surface area contributed by atoms with Crippen molar-refractivity contribution in [3.63, 3.8) is 0 Å². The van der Waals surface area contributed by atoms with Crippen molar-refractivity contribution in [1.29, 1.82) is 0 Å². The van der Waals surface area contributed by atoms with E-state index in [-0.39, 0.29) is 47.9 Å². The molecule has 0 radical (unpaired) electrons. The Morgan fingerprint density at radius 2 is 1.10 bits per heavy atom. The molecule has 0 aromatic heterocycles. The van der Waals surface area contributed by atoms with E-state index < -0.39 is 0 Å². The maximum Gasteiger partial charge on any atom is 0.0781 e. The zero-order chi connectivity index (χ0) is 12.4. The van der Waals surface area contributed by atoms with Crippen molar-refractivity contribution >= 4 is 0 Å². The molecular weight excluding hydrogens is 256 g/mol. The van der Waals surface area contributed by atoms with Gasteiger partial charge in [0.1, 0.15) is 0 Å². The molecule has 0 saturated carbocycles. The number of nitrogens with two attached hydrogens (primary N) is 2. The maximum absolute atomic E-state index is 5.57. The topological polar surface area (TPSA) is 79.7 Å². The molecule has 0 spiro atoms. The Bertz CT molecular complexity index is 156. The van der Waals surface area contributed by atoms with Gasteiger partial charge in [0.25, 0.3) is 0 Å². The van der Waals surface area contributed by atoms with Crippen LogP contribution < -0.4 is 11.5 Å². The van der Waals surface area contributed by atoms with Crippen LogP contribution in [-0.2, 0) is 14.2 Å². The van der Waals surface area contributed by atoms with Crippen molar-refractivity contribution in [1.82, 2.24) is 0 Å². The third-order valence-corrected chi connectivity index (χ3v) is 1.75. The van der Waals surface area contributed by atoms with E-state index in [1.54, 1.807) is 0 Å². The summed E-state index contributed by atoms with van der Waals surface area (Å²) in [6.45, 7) is 8.62. The maximum atomic E-state index is 5.57. The minimum Gasteiger partial charge on any atom is -0.377 e. The predicted molar refractivity (Wildman–Crippen MR) is 91.3 cm³/mol. The van der Waals surface area contributed by atoms with E-state index in [9.17, 15) is 0 Å². The molecule has 5 nitrogen and oxygen atoms in total. The van der Waals surface area contributed by atoms with Gasteiger partial charge in [-0.15, -0.1) is 0 Å². The van der Waals surface area contributed by atoms with Gasteiger partial charge in [-0.25, -0.2) is 0 Å². The lowest BCUT2D eigenvalue weighted by molar-refractivity contribution is -0.0264. The van der Waals surface area contributed by atoms with Gasteiger partial charge in [-0.05, 0) is 20.8 Å². The molecule has 0 amide bonds. The Labute approximate surface area is 128 Å². The Morgan fingerprint density at radius 1 is 0.700 bits per heavy atom. The summed E-state index contributed by atoms with van der Waals surface area (Å²) in [7, 11) is 0. The van der Waals surface area contributed by atoms with Crippen molar-refractivity contribution < 1.29 is 14.2 Å². The molecule has 0 saturated heterocycles. The van der Waals surface area contributed by atoms with Crippen molar-refractivity contribution in [3.8, 4) is 0 Å². The van der Waals surface area contributed by atoms with Crippen molar-refractivity contribution in [2.75, 3.05) is 33.0 Å². The van der Waals surface area contributed by atoms with Crippen LogP contribution in [0.2, 0.25) is 0 Å². The van der Waals surface area contributed by atoms with Gasteiger partial charge in [0, 0.05) is 12.1 Å². The highest BCUT2D eigenvalue weighted by Crippen LogP contribution is 1.93. The van der Waals surface area contributed by atoms with Gasteiger partial charge in [0.2, 0.25) is 0 Å². The molecular formula is C15H42N2O3. The Morgan fingerprint density at radius 3 is 1.50 bits per heavy atom. The van der Waals surface area contributed by atoms with Gasteiger partial charge < -0.3 is 25.7 Å². The third kappa shape index (κ3) is 26.4. The molecule has 0 aliphatic carbocycles. The lowest BCUT2D eigenvalue weighted by Gasteiger charge is -2.15. The molecule has 0 bridgehead atoms. The standard InChI is InChI=1S/C11H26N2O3.4CH4/c1-9(12)6-14-4-5-15-8-11(3)16-7-10(2)13;;;;/h9-11H,4-8,12-13H2,1-3H3;4*1H4. The van der Waals surface area contributed by atoms with E-state index in [0.717, 1.165) is 0 Å². The Balaban J connectivity index is -0.000000187. The van der Waals surface area contributed by atoms with Crippen LogP contribution in [0.1, 0.15) is 50.5 Å². The first kappa shape index (κ1) is 31.9. The van der Waals surface area contributed by atoms with Gasteiger partial charge >= 0.3 is 0 Å². The van der Waals surface area contributed by atoms with Gasteiger partial charge in [0.15, 0.2) is 0 Å². The molecule has 0 aromatic rings. The first-order chi connectivity index (χ1) is 7.52. The molecule has 130 valence electrons. The molecule has 0 heterocycles. The lowest BCUT2D eigenvalue weighted by Crippen LogP contribution is -2.27. The smallest absolute Gasteiger partial charge is 0.0781 e. The Hall–Kier alpha value is -0.200. The van der Waals surface area contributed by atoms with Crippen LogP contribution in [0.15, 0.2) is 0 Å². The number of rotatable bonds is 10. The zero-order valence-electron chi connectivity index (χ0n) is 10.6. The fourth-order valence-electron chi connectivity index (χ4n) is 1.00. The van der Waals surface area contributed by atoms with Gasteiger partial charge in [-0.3, -0.25) is 0 Å². The largest absolute Gasteiger partial charge is 0.377 e.